The Labute approximate surface area is 158 Å². The fourth-order valence-electron chi connectivity index (χ4n) is 4.86. The van der Waals surface area contributed by atoms with E-state index in [9.17, 15) is 14.7 Å². The molecule has 4 rings (SSSR count). The zero-order valence-electron chi connectivity index (χ0n) is 15.6. The minimum absolute atomic E-state index is 0.0558. The minimum atomic E-state index is -0.734. The van der Waals surface area contributed by atoms with Crippen LogP contribution in [0.2, 0.25) is 0 Å². The van der Waals surface area contributed by atoms with Gasteiger partial charge in [0.15, 0.2) is 0 Å². The number of hydrogen-bond donors (Lipinski definition) is 1. The van der Waals surface area contributed by atoms with E-state index in [2.05, 4.69) is 0 Å². The Kier molecular flexibility index (Phi) is 4.78. The molecule has 6 nitrogen and oxygen atoms in total. The number of carbonyl (C=O) groups excluding carboxylic acids is 2. The molecule has 1 saturated carbocycles. The summed E-state index contributed by atoms with van der Waals surface area (Å²) in [6.07, 6.45) is 1.77. The summed E-state index contributed by atoms with van der Waals surface area (Å²) in [5, 5.41) is 10.1. The summed E-state index contributed by atoms with van der Waals surface area (Å²) < 4.78 is 11.2. The fraction of sp³-hybridized carbons (Fsp3) is 0.524. The number of β-lactam (4-membered cyclic amide) rings is 1. The van der Waals surface area contributed by atoms with Crippen molar-refractivity contribution >= 4 is 11.9 Å². The zero-order valence-corrected chi connectivity index (χ0v) is 15.6. The molecule has 1 aliphatic carbocycles. The maximum Gasteiger partial charge on any atom is 0.355 e. The number of aliphatic hydroxyl groups is 1. The number of ether oxygens (including phenoxy) is 2. The van der Waals surface area contributed by atoms with E-state index in [4.69, 9.17) is 9.47 Å². The molecule has 3 aliphatic rings. The first kappa shape index (κ1) is 18.2. The Morgan fingerprint density at radius 1 is 1.30 bits per heavy atom. The van der Waals surface area contributed by atoms with Crippen molar-refractivity contribution in [2.24, 2.45) is 11.8 Å². The zero-order chi connectivity index (χ0) is 19.1. The normalized spacial score (nSPS) is 30.5. The molecule has 0 radical (unpaired) electrons. The fourth-order valence-corrected chi connectivity index (χ4v) is 4.86. The molecule has 2 heterocycles. The van der Waals surface area contributed by atoms with Gasteiger partial charge in [0.25, 0.3) is 0 Å². The third-order valence-electron chi connectivity index (χ3n) is 6.05. The highest BCUT2D eigenvalue weighted by atomic mass is 16.5. The number of nitrogens with zero attached hydrogens (tertiary/aromatic N) is 1. The number of methoxy groups -OCH3 is 1. The summed E-state index contributed by atoms with van der Waals surface area (Å²) in [5.41, 5.74) is 2.11. The van der Waals surface area contributed by atoms with Gasteiger partial charge in [0.1, 0.15) is 12.3 Å². The molecule has 1 amide bonds. The lowest BCUT2D eigenvalue weighted by Crippen LogP contribution is -2.64. The van der Waals surface area contributed by atoms with Crippen LogP contribution >= 0.6 is 0 Å². The standard InChI is InChI=1S/C21H25NO5/c1-12(23)16-18-14-9-6-10-15(26-2)17(14)19(22(18)20(16)24)21(25)27-11-13-7-4-3-5-8-13/h3-5,7-8,12,14-16,18,23H,6,9-11H2,1-2H3/t12-,14+,15+,16-,18-/m1/s1. The van der Waals surface area contributed by atoms with Gasteiger partial charge in [0, 0.05) is 13.0 Å². The number of esters is 1. The first-order valence-electron chi connectivity index (χ1n) is 9.53. The molecule has 27 heavy (non-hydrogen) atoms. The smallest absolute Gasteiger partial charge is 0.355 e. The SMILES string of the molecule is CO[C@H]1CCC[C@H]2C1=C(C(=O)OCc1ccccc1)N1C(=O)[C@H]([C@@H](C)O)[C@@H]21. The van der Waals surface area contributed by atoms with Gasteiger partial charge < -0.3 is 19.5 Å². The van der Waals surface area contributed by atoms with Crippen LogP contribution in [0, 0.1) is 11.8 Å². The summed E-state index contributed by atoms with van der Waals surface area (Å²) in [5.74, 6) is -1.08. The van der Waals surface area contributed by atoms with Crippen molar-refractivity contribution in [3.63, 3.8) is 0 Å². The van der Waals surface area contributed by atoms with Crippen molar-refractivity contribution in [3.05, 3.63) is 47.2 Å². The van der Waals surface area contributed by atoms with E-state index >= 15 is 0 Å². The summed E-state index contributed by atoms with van der Waals surface area (Å²) in [6, 6.07) is 9.30. The van der Waals surface area contributed by atoms with Gasteiger partial charge in [-0.3, -0.25) is 4.79 Å². The first-order chi connectivity index (χ1) is 13.0. The Hall–Kier alpha value is -2.18. The molecule has 0 bridgehead atoms. The van der Waals surface area contributed by atoms with Gasteiger partial charge in [-0.15, -0.1) is 0 Å². The van der Waals surface area contributed by atoms with E-state index in [1.807, 2.05) is 30.3 Å². The molecule has 1 N–H and O–H groups in total. The Balaban J connectivity index is 1.63. The van der Waals surface area contributed by atoms with E-state index in [1.54, 1.807) is 18.9 Å². The summed E-state index contributed by atoms with van der Waals surface area (Å²) in [4.78, 5) is 27.2. The van der Waals surface area contributed by atoms with Gasteiger partial charge in [0.2, 0.25) is 5.91 Å². The van der Waals surface area contributed by atoms with Crippen LogP contribution in [-0.4, -0.2) is 47.2 Å². The molecule has 2 aliphatic heterocycles. The van der Waals surface area contributed by atoms with Crippen LogP contribution in [0.4, 0.5) is 0 Å². The lowest BCUT2D eigenvalue weighted by Gasteiger charge is -2.47. The molecule has 0 spiro atoms. The van der Waals surface area contributed by atoms with Crippen molar-refractivity contribution in [1.29, 1.82) is 0 Å². The first-order valence-corrected chi connectivity index (χ1v) is 9.53. The molecule has 5 atom stereocenters. The van der Waals surface area contributed by atoms with Gasteiger partial charge in [-0.05, 0) is 37.3 Å². The number of benzene rings is 1. The molecule has 1 aromatic rings. The molecule has 144 valence electrons. The van der Waals surface area contributed by atoms with Crippen LogP contribution in [-0.2, 0) is 25.7 Å². The Bertz CT molecular complexity index is 772. The maximum atomic E-state index is 13.0. The highest BCUT2D eigenvalue weighted by Gasteiger charge is 2.62. The number of amides is 1. The van der Waals surface area contributed by atoms with E-state index in [1.165, 1.54) is 0 Å². The second-order valence-electron chi connectivity index (χ2n) is 7.59. The van der Waals surface area contributed by atoms with Crippen molar-refractivity contribution in [1.82, 2.24) is 4.90 Å². The topological polar surface area (TPSA) is 76.1 Å². The van der Waals surface area contributed by atoms with Crippen molar-refractivity contribution < 1.29 is 24.2 Å². The van der Waals surface area contributed by atoms with E-state index in [-0.39, 0.29) is 30.6 Å². The van der Waals surface area contributed by atoms with Crippen LogP contribution in [0.25, 0.3) is 0 Å². The van der Waals surface area contributed by atoms with Crippen LogP contribution in [0.1, 0.15) is 31.7 Å². The van der Waals surface area contributed by atoms with Crippen LogP contribution in [0.3, 0.4) is 0 Å². The summed E-state index contributed by atoms with van der Waals surface area (Å²) >= 11 is 0. The molecule has 0 aromatic heterocycles. The number of fused-ring (bicyclic) bond motifs is 3. The highest BCUT2D eigenvalue weighted by molar-refractivity contribution is 6.01. The van der Waals surface area contributed by atoms with Gasteiger partial charge >= 0.3 is 5.97 Å². The number of aliphatic hydroxyl groups excluding tert-OH is 1. The van der Waals surface area contributed by atoms with Crippen LogP contribution < -0.4 is 0 Å². The van der Waals surface area contributed by atoms with Crippen LogP contribution in [0.5, 0.6) is 0 Å². The largest absolute Gasteiger partial charge is 0.456 e. The Morgan fingerprint density at radius 3 is 2.70 bits per heavy atom. The van der Waals surface area contributed by atoms with Crippen LogP contribution in [0.15, 0.2) is 41.6 Å². The van der Waals surface area contributed by atoms with Gasteiger partial charge in [0.05, 0.1) is 24.2 Å². The second-order valence-corrected chi connectivity index (χ2v) is 7.59. The number of hydrogen-bond acceptors (Lipinski definition) is 5. The molecular weight excluding hydrogens is 346 g/mol. The highest BCUT2D eigenvalue weighted by Crippen LogP contribution is 2.52. The molecule has 0 unspecified atom stereocenters. The van der Waals surface area contributed by atoms with E-state index in [0.29, 0.717) is 5.70 Å². The lowest BCUT2D eigenvalue weighted by molar-refractivity contribution is -0.165. The van der Waals surface area contributed by atoms with Crippen molar-refractivity contribution in [2.75, 3.05) is 7.11 Å². The average molecular weight is 371 g/mol. The number of carbonyl (C=O) groups is 2. The molecule has 6 heteroatoms. The minimum Gasteiger partial charge on any atom is -0.456 e. The van der Waals surface area contributed by atoms with Gasteiger partial charge in [-0.25, -0.2) is 4.79 Å². The third kappa shape index (κ3) is 2.87. The molecule has 2 fully saturated rings. The van der Waals surface area contributed by atoms with Crippen molar-refractivity contribution in [3.8, 4) is 0 Å². The Morgan fingerprint density at radius 2 is 2.04 bits per heavy atom. The van der Waals surface area contributed by atoms with E-state index in [0.717, 1.165) is 30.4 Å². The molecular formula is C21H25NO5. The predicted octanol–water partition coefficient (Wildman–Crippen LogP) is 2.02. The lowest BCUT2D eigenvalue weighted by atomic mass is 9.72. The maximum absolute atomic E-state index is 13.0. The van der Waals surface area contributed by atoms with Crippen molar-refractivity contribution in [2.45, 2.75) is 51.0 Å². The number of rotatable bonds is 5. The predicted molar refractivity (Wildman–Crippen MR) is 97.2 cm³/mol. The summed E-state index contributed by atoms with van der Waals surface area (Å²) in [7, 11) is 1.64. The third-order valence-corrected chi connectivity index (χ3v) is 6.05. The van der Waals surface area contributed by atoms with Gasteiger partial charge in [-0.1, -0.05) is 30.3 Å². The monoisotopic (exact) mass is 371 g/mol. The average Bonchev–Trinajstić information content (AvgIpc) is 2.97. The van der Waals surface area contributed by atoms with Gasteiger partial charge in [-0.2, -0.15) is 0 Å². The van der Waals surface area contributed by atoms with E-state index < -0.39 is 18.0 Å². The quantitative estimate of drug-likeness (QED) is 0.633. The molecule has 1 aromatic carbocycles. The summed E-state index contributed by atoms with van der Waals surface area (Å²) in [6.45, 7) is 1.80. The second kappa shape index (κ2) is 7.09. The molecule has 1 saturated heterocycles.